The van der Waals surface area contributed by atoms with Crippen molar-refractivity contribution in [3.8, 4) is 5.75 Å². The summed E-state index contributed by atoms with van der Waals surface area (Å²) in [5.41, 5.74) is 0. The van der Waals surface area contributed by atoms with Gasteiger partial charge in [0.25, 0.3) is 5.91 Å². The lowest BCUT2D eigenvalue weighted by atomic mass is 10.1. The molecule has 0 spiro atoms. The summed E-state index contributed by atoms with van der Waals surface area (Å²) in [7, 11) is 0. The minimum Gasteiger partial charge on any atom is -0.479 e. The summed E-state index contributed by atoms with van der Waals surface area (Å²) in [6.45, 7) is 3.84. The number of ether oxygens (including phenoxy) is 1. The third kappa shape index (κ3) is 4.12. The molecule has 0 aliphatic carbocycles. The fourth-order valence-electron chi connectivity index (χ4n) is 2.28. The van der Waals surface area contributed by atoms with Crippen LogP contribution in [-0.4, -0.2) is 31.1 Å². The molecule has 1 heterocycles. The first-order valence-electron chi connectivity index (χ1n) is 7.13. The second-order valence-electron chi connectivity index (χ2n) is 4.98. The molecule has 2 rings (SSSR count). The van der Waals surface area contributed by atoms with Crippen molar-refractivity contribution >= 4 is 17.5 Å². The summed E-state index contributed by atoms with van der Waals surface area (Å²) >= 11 is 6.06. The maximum Gasteiger partial charge on any atom is 0.261 e. The molecular formula is C15H21ClN2O2. The highest BCUT2D eigenvalue weighted by Crippen LogP contribution is 2.24. The Morgan fingerprint density at radius 1 is 1.45 bits per heavy atom. The van der Waals surface area contributed by atoms with Crippen LogP contribution in [0, 0.1) is 0 Å². The van der Waals surface area contributed by atoms with Gasteiger partial charge in [-0.05, 0) is 44.5 Å². The molecule has 1 amide bonds. The molecule has 1 atom stereocenters. The number of para-hydroxylation sites is 1. The van der Waals surface area contributed by atoms with Crippen LogP contribution in [0.15, 0.2) is 24.3 Å². The third-order valence-corrected chi connectivity index (χ3v) is 3.77. The first-order chi connectivity index (χ1) is 9.70. The van der Waals surface area contributed by atoms with E-state index >= 15 is 0 Å². The van der Waals surface area contributed by atoms with E-state index in [1.807, 2.05) is 19.1 Å². The van der Waals surface area contributed by atoms with Crippen molar-refractivity contribution in [1.29, 1.82) is 0 Å². The highest BCUT2D eigenvalue weighted by atomic mass is 35.5. The van der Waals surface area contributed by atoms with Crippen molar-refractivity contribution in [2.45, 2.75) is 38.3 Å². The van der Waals surface area contributed by atoms with Gasteiger partial charge in [-0.1, -0.05) is 30.7 Å². The number of piperidine rings is 1. The van der Waals surface area contributed by atoms with E-state index in [1.165, 1.54) is 0 Å². The molecule has 1 aliphatic rings. The topological polar surface area (TPSA) is 50.4 Å². The van der Waals surface area contributed by atoms with Crippen LogP contribution < -0.4 is 15.4 Å². The molecule has 1 aromatic carbocycles. The maximum absolute atomic E-state index is 12.3. The highest BCUT2D eigenvalue weighted by molar-refractivity contribution is 6.32. The molecule has 20 heavy (non-hydrogen) atoms. The summed E-state index contributed by atoms with van der Waals surface area (Å²) in [6, 6.07) is 7.47. The number of hydrogen-bond donors (Lipinski definition) is 2. The van der Waals surface area contributed by atoms with Crippen LogP contribution in [0.4, 0.5) is 0 Å². The number of benzene rings is 1. The van der Waals surface area contributed by atoms with Gasteiger partial charge >= 0.3 is 0 Å². The van der Waals surface area contributed by atoms with Gasteiger partial charge < -0.3 is 15.4 Å². The molecule has 5 heteroatoms. The lowest BCUT2D eigenvalue weighted by Gasteiger charge is -2.26. The van der Waals surface area contributed by atoms with Gasteiger partial charge in [0.1, 0.15) is 5.75 Å². The van der Waals surface area contributed by atoms with Crippen molar-refractivity contribution < 1.29 is 9.53 Å². The average Bonchev–Trinajstić information content (AvgIpc) is 2.47. The Bertz CT molecular complexity index is 447. The molecule has 1 saturated heterocycles. The van der Waals surface area contributed by atoms with Gasteiger partial charge in [-0.15, -0.1) is 0 Å². The first kappa shape index (κ1) is 15.1. The van der Waals surface area contributed by atoms with Crippen LogP contribution in [0.1, 0.15) is 26.2 Å². The molecule has 1 unspecified atom stereocenters. The van der Waals surface area contributed by atoms with E-state index in [0.717, 1.165) is 25.9 Å². The molecule has 0 bridgehead atoms. The monoisotopic (exact) mass is 296 g/mol. The number of nitrogens with one attached hydrogen (secondary N) is 2. The van der Waals surface area contributed by atoms with Crippen molar-refractivity contribution in [1.82, 2.24) is 10.6 Å². The number of carbonyl (C=O) groups is 1. The van der Waals surface area contributed by atoms with E-state index in [1.54, 1.807) is 12.1 Å². The Labute approximate surface area is 124 Å². The van der Waals surface area contributed by atoms with Crippen LogP contribution in [0.25, 0.3) is 0 Å². The van der Waals surface area contributed by atoms with E-state index in [2.05, 4.69) is 10.6 Å². The average molecular weight is 297 g/mol. The number of rotatable bonds is 5. The lowest BCUT2D eigenvalue weighted by molar-refractivity contribution is -0.129. The Balaban J connectivity index is 1.93. The molecule has 0 saturated carbocycles. The predicted octanol–water partition coefficient (Wildman–Crippen LogP) is 2.37. The number of amides is 1. The standard InChI is InChI=1S/C15H21ClN2O2/c1-2-13(20-14-6-4-3-5-12(14)16)15(19)18-11-7-9-17-10-8-11/h3-6,11,13,17H,2,7-10H2,1H3,(H,18,19). The van der Waals surface area contributed by atoms with Crippen molar-refractivity contribution in [3.63, 3.8) is 0 Å². The molecule has 0 radical (unpaired) electrons. The van der Waals surface area contributed by atoms with Crippen LogP contribution in [0.2, 0.25) is 5.02 Å². The van der Waals surface area contributed by atoms with Crippen molar-refractivity contribution in [3.05, 3.63) is 29.3 Å². The Hall–Kier alpha value is -1.26. The SMILES string of the molecule is CCC(Oc1ccccc1Cl)C(=O)NC1CCNCC1. The highest BCUT2D eigenvalue weighted by Gasteiger charge is 2.23. The van der Waals surface area contributed by atoms with E-state index < -0.39 is 6.10 Å². The minimum atomic E-state index is -0.496. The van der Waals surface area contributed by atoms with E-state index in [9.17, 15) is 4.79 Å². The van der Waals surface area contributed by atoms with E-state index in [4.69, 9.17) is 16.3 Å². The number of halogens is 1. The molecule has 1 aliphatic heterocycles. The summed E-state index contributed by atoms with van der Waals surface area (Å²) in [5.74, 6) is 0.501. The fourth-order valence-corrected chi connectivity index (χ4v) is 2.46. The fraction of sp³-hybridized carbons (Fsp3) is 0.533. The summed E-state index contributed by atoms with van der Waals surface area (Å²) in [5, 5.41) is 6.87. The van der Waals surface area contributed by atoms with Crippen LogP contribution in [-0.2, 0) is 4.79 Å². The number of carbonyl (C=O) groups excluding carboxylic acids is 1. The molecular weight excluding hydrogens is 276 g/mol. The maximum atomic E-state index is 12.3. The quantitative estimate of drug-likeness (QED) is 0.877. The van der Waals surface area contributed by atoms with Crippen molar-refractivity contribution in [2.24, 2.45) is 0 Å². The number of hydrogen-bond acceptors (Lipinski definition) is 3. The van der Waals surface area contributed by atoms with Gasteiger partial charge in [-0.25, -0.2) is 0 Å². The smallest absolute Gasteiger partial charge is 0.261 e. The second kappa shape index (κ2) is 7.50. The Morgan fingerprint density at radius 3 is 2.80 bits per heavy atom. The molecule has 110 valence electrons. The van der Waals surface area contributed by atoms with Crippen LogP contribution in [0.5, 0.6) is 5.75 Å². The summed E-state index contributed by atoms with van der Waals surface area (Å²) in [6.07, 6.45) is 2.05. The second-order valence-corrected chi connectivity index (χ2v) is 5.39. The molecule has 4 nitrogen and oxygen atoms in total. The lowest BCUT2D eigenvalue weighted by Crippen LogP contribution is -2.47. The van der Waals surface area contributed by atoms with Crippen LogP contribution in [0.3, 0.4) is 0 Å². The minimum absolute atomic E-state index is 0.0562. The zero-order valence-corrected chi connectivity index (χ0v) is 12.5. The van der Waals surface area contributed by atoms with E-state index in [-0.39, 0.29) is 11.9 Å². The largest absolute Gasteiger partial charge is 0.479 e. The van der Waals surface area contributed by atoms with Gasteiger partial charge in [0, 0.05) is 6.04 Å². The van der Waals surface area contributed by atoms with Gasteiger partial charge in [0.2, 0.25) is 0 Å². The normalized spacial score (nSPS) is 17.5. The molecule has 1 aromatic rings. The van der Waals surface area contributed by atoms with Gasteiger partial charge in [-0.3, -0.25) is 4.79 Å². The Kier molecular flexibility index (Phi) is 5.68. The zero-order valence-electron chi connectivity index (χ0n) is 11.7. The predicted molar refractivity (Wildman–Crippen MR) is 80.2 cm³/mol. The molecule has 2 N–H and O–H groups in total. The van der Waals surface area contributed by atoms with Gasteiger partial charge in [0.15, 0.2) is 6.10 Å². The van der Waals surface area contributed by atoms with Gasteiger partial charge in [0.05, 0.1) is 5.02 Å². The van der Waals surface area contributed by atoms with Crippen LogP contribution >= 0.6 is 11.6 Å². The molecule has 0 aromatic heterocycles. The summed E-state index contributed by atoms with van der Waals surface area (Å²) < 4.78 is 5.74. The van der Waals surface area contributed by atoms with Gasteiger partial charge in [-0.2, -0.15) is 0 Å². The molecule has 1 fully saturated rings. The van der Waals surface area contributed by atoms with Crippen molar-refractivity contribution in [2.75, 3.05) is 13.1 Å². The Morgan fingerprint density at radius 2 is 2.15 bits per heavy atom. The summed E-state index contributed by atoms with van der Waals surface area (Å²) in [4.78, 5) is 12.3. The first-order valence-corrected chi connectivity index (χ1v) is 7.50. The third-order valence-electron chi connectivity index (χ3n) is 3.45. The zero-order chi connectivity index (χ0) is 14.4. The van der Waals surface area contributed by atoms with E-state index in [0.29, 0.717) is 17.2 Å².